The van der Waals surface area contributed by atoms with Gasteiger partial charge in [0.1, 0.15) is 5.75 Å². The number of fused-ring (bicyclic) bond motifs is 1. The molecular formula is C12H13NO2. The van der Waals surface area contributed by atoms with Crippen LogP contribution >= 0.6 is 0 Å². The molecule has 2 aromatic rings. The summed E-state index contributed by atoms with van der Waals surface area (Å²) in [4.78, 5) is 14.5. The smallest absolute Gasteiger partial charge is 0.255 e. The summed E-state index contributed by atoms with van der Waals surface area (Å²) >= 11 is 0. The van der Waals surface area contributed by atoms with Crippen LogP contribution in [0.3, 0.4) is 0 Å². The molecule has 2 rings (SSSR count). The van der Waals surface area contributed by atoms with Gasteiger partial charge in [0, 0.05) is 5.39 Å². The van der Waals surface area contributed by atoms with Gasteiger partial charge in [0.25, 0.3) is 5.56 Å². The highest BCUT2D eigenvalue weighted by atomic mass is 16.5. The van der Waals surface area contributed by atoms with Crippen LogP contribution in [0.15, 0.2) is 23.0 Å². The molecule has 0 amide bonds. The van der Waals surface area contributed by atoms with Crippen LogP contribution in [0.2, 0.25) is 0 Å². The molecule has 1 N–H and O–H groups in total. The second-order valence-electron chi connectivity index (χ2n) is 3.61. The fraction of sp³-hybridized carbons (Fsp3) is 0.250. The average molecular weight is 203 g/mol. The first-order valence-electron chi connectivity index (χ1n) is 4.81. The summed E-state index contributed by atoms with van der Waals surface area (Å²) in [5.74, 6) is 0.664. The van der Waals surface area contributed by atoms with Crippen LogP contribution in [-0.2, 0) is 0 Å². The largest absolute Gasteiger partial charge is 0.496 e. The van der Waals surface area contributed by atoms with Gasteiger partial charge in [-0.25, -0.2) is 0 Å². The minimum Gasteiger partial charge on any atom is -0.496 e. The van der Waals surface area contributed by atoms with Crippen LogP contribution in [0, 0.1) is 13.8 Å². The highest BCUT2D eigenvalue weighted by Gasteiger charge is 2.09. The first-order valence-corrected chi connectivity index (χ1v) is 4.81. The fourth-order valence-electron chi connectivity index (χ4n) is 1.80. The maximum Gasteiger partial charge on any atom is 0.255 e. The van der Waals surface area contributed by atoms with E-state index in [1.807, 2.05) is 25.1 Å². The molecule has 0 aliphatic carbocycles. The molecule has 1 heterocycles. The summed E-state index contributed by atoms with van der Waals surface area (Å²) in [6.45, 7) is 3.73. The number of nitrogens with one attached hydrogen (secondary N) is 1. The van der Waals surface area contributed by atoms with Gasteiger partial charge in [0.05, 0.1) is 18.2 Å². The Bertz CT molecular complexity index is 570. The highest BCUT2D eigenvalue weighted by Crippen LogP contribution is 2.26. The van der Waals surface area contributed by atoms with Gasteiger partial charge < -0.3 is 9.72 Å². The third-order valence-corrected chi connectivity index (χ3v) is 2.64. The van der Waals surface area contributed by atoms with E-state index in [2.05, 4.69) is 4.98 Å². The quantitative estimate of drug-likeness (QED) is 0.771. The van der Waals surface area contributed by atoms with Crippen molar-refractivity contribution >= 4 is 10.9 Å². The van der Waals surface area contributed by atoms with Gasteiger partial charge >= 0.3 is 0 Å². The molecule has 0 atom stereocenters. The summed E-state index contributed by atoms with van der Waals surface area (Å²) in [6, 6.07) is 5.87. The molecule has 3 heteroatoms. The third kappa shape index (κ3) is 1.40. The zero-order valence-corrected chi connectivity index (χ0v) is 9.05. The summed E-state index contributed by atoms with van der Waals surface area (Å²) in [6.07, 6.45) is 0. The Morgan fingerprint density at radius 2 is 2.00 bits per heavy atom. The van der Waals surface area contributed by atoms with Gasteiger partial charge in [0.15, 0.2) is 0 Å². The Balaban J connectivity index is 3.01. The van der Waals surface area contributed by atoms with Crippen molar-refractivity contribution in [2.24, 2.45) is 0 Å². The lowest BCUT2D eigenvalue weighted by molar-refractivity contribution is 0.416. The first kappa shape index (κ1) is 9.77. The normalized spacial score (nSPS) is 10.6. The second kappa shape index (κ2) is 3.42. The number of methoxy groups -OCH3 is 1. The molecule has 0 spiro atoms. The Labute approximate surface area is 87.7 Å². The summed E-state index contributed by atoms with van der Waals surface area (Å²) < 4.78 is 5.27. The van der Waals surface area contributed by atoms with Crippen molar-refractivity contribution in [1.29, 1.82) is 0 Å². The van der Waals surface area contributed by atoms with Gasteiger partial charge in [-0.2, -0.15) is 0 Å². The number of ether oxygens (including phenoxy) is 1. The molecule has 3 nitrogen and oxygen atoms in total. The minimum absolute atomic E-state index is 0.0892. The standard InChI is InChI=1S/C12H13NO2/c1-7-5-4-6-9-10(7)13-12(14)8(2)11(9)15-3/h4-6H,1-3H3,(H,13,14). The van der Waals surface area contributed by atoms with E-state index >= 15 is 0 Å². The average Bonchev–Trinajstić information content (AvgIpc) is 2.22. The molecule has 78 valence electrons. The van der Waals surface area contributed by atoms with E-state index in [9.17, 15) is 4.79 Å². The number of H-pyrrole nitrogens is 1. The molecule has 0 saturated carbocycles. The predicted octanol–water partition coefficient (Wildman–Crippen LogP) is 2.15. The van der Waals surface area contributed by atoms with E-state index in [-0.39, 0.29) is 5.56 Å². The molecule has 0 unspecified atom stereocenters. The van der Waals surface area contributed by atoms with E-state index in [1.54, 1.807) is 14.0 Å². The first-order chi connectivity index (χ1) is 7.15. The van der Waals surface area contributed by atoms with Gasteiger partial charge in [-0.1, -0.05) is 12.1 Å². The van der Waals surface area contributed by atoms with Gasteiger partial charge in [-0.05, 0) is 25.5 Å². The SMILES string of the molecule is COc1c(C)c(=O)[nH]c2c(C)cccc12. The van der Waals surface area contributed by atoms with Crippen molar-refractivity contribution in [3.8, 4) is 5.75 Å². The Kier molecular flexibility index (Phi) is 2.23. The molecule has 1 aromatic heterocycles. The molecule has 0 aliphatic rings. The topological polar surface area (TPSA) is 42.1 Å². The van der Waals surface area contributed by atoms with Crippen molar-refractivity contribution in [3.05, 3.63) is 39.7 Å². The van der Waals surface area contributed by atoms with Crippen molar-refractivity contribution < 1.29 is 4.74 Å². The number of para-hydroxylation sites is 1. The number of aromatic amines is 1. The molecule has 0 radical (unpaired) electrons. The second-order valence-corrected chi connectivity index (χ2v) is 3.61. The number of aromatic nitrogens is 1. The van der Waals surface area contributed by atoms with E-state index in [0.29, 0.717) is 11.3 Å². The third-order valence-electron chi connectivity index (χ3n) is 2.64. The maximum atomic E-state index is 11.6. The Morgan fingerprint density at radius 3 is 2.67 bits per heavy atom. The lowest BCUT2D eigenvalue weighted by Crippen LogP contribution is -2.11. The van der Waals surface area contributed by atoms with E-state index in [1.165, 1.54) is 0 Å². The lowest BCUT2D eigenvalue weighted by atomic mass is 10.1. The molecule has 0 saturated heterocycles. The van der Waals surface area contributed by atoms with Crippen molar-refractivity contribution in [3.63, 3.8) is 0 Å². The molecular weight excluding hydrogens is 190 g/mol. The number of hydrogen-bond donors (Lipinski definition) is 1. The van der Waals surface area contributed by atoms with Gasteiger partial charge in [0.2, 0.25) is 0 Å². The molecule has 1 aromatic carbocycles. The van der Waals surface area contributed by atoms with Crippen LogP contribution in [0.4, 0.5) is 0 Å². The van der Waals surface area contributed by atoms with Gasteiger partial charge in [-0.3, -0.25) is 4.79 Å². The summed E-state index contributed by atoms with van der Waals surface area (Å²) in [5.41, 5.74) is 2.43. The summed E-state index contributed by atoms with van der Waals surface area (Å²) in [5, 5.41) is 0.953. The number of aryl methyl sites for hydroxylation is 1. The van der Waals surface area contributed by atoms with Crippen LogP contribution in [0.25, 0.3) is 10.9 Å². The molecule has 0 bridgehead atoms. The van der Waals surface area contributed by atoms with Crippen LogP contribution in [0.5, 0.6) is 5.75 Å². The Hall–Kier alpha value is -1.77. The Morgan fingerprint density at radius 1 is 1.27 bits per heavy atom. The minimum atomic E-state index is -0.0892. The number of hydrogen-bond acceptors (Lipinski definition) is 2. The predicted molar refractivity (Wildman–Crippen MR) is 60.6 cm³/mol. The molecule has 0 aliphatic heterocycles. The van der Waals surface area contributed by atoms with Crippen LogP contribution < -0.4 is 10.3 Å². The molecule has 15 heavy (non-hydrogen) atoms. The van der Waals surface area contributed by atoms with Crippen molar-refractivity contribution in [2.75, 3.05) is 7.11 Å². The van der Waals surface area contributed by atoms with E-state index < -0.39 is 0 Å². The van der Waals surface area contributed by atoms with Crippen molar-refractivity contribution in [1.82, 2.24) is 4.98 Å². The number of benzene rings is 1. The fourth-order valence-corrected chi connectivity index (χ4v) is 1.80. The number of rotatable bonds is 1. The monoisotopic (exact) mass is 203 g/mol. The van der Waals surface area contributed by atoms with Gasteiger partial charge in [-0.15, -0.1) is 0 Å². The van der Waals surface area contributed by atoms with Crippen molar-refractivity contribution in [2.45, 2.75) is 13.8 Å². The zero-order valence-electron chi connectivity index (χ0n) is 9.05. The highest BCUT2D eigenvalue weighted by molar-refractivity contribution is 5.88. The number of pyridine rings is 1. The lowest BCUT2D eigenvalue weighted by Gasteiger charge is -2.09. The van der Waals surface area contributed by atoms with Crippen LogP contribution in [0.1, 0.15) is 11.1 Å². The van der Waals surface area contributed by atoms with E-state index in [0.717, 1.165) is 16.5 Å². The zero-order chi connectivity index (χ0) is 11.0. The summed E-state index contributed by atoms with van der Waals surface area (Å²) in [7, 11) is 1.59. The maximum absolute atomic E-state index is 11.6. The van der Waals surface area contributed by atoms with E-state index in [4.69, 9.17) is 4.74 Å². The molecule has 0 fully saturated rings. The van der Waals surface area contributed by atoms with Crippen LogP contribution in [-0.4, -0.2) is 12.1 Å².